The average molecular weight is 332 g/mol. The van der Waals surface area contributed by atoms with Crippen molar-refractivity contribution in [2.45, 2.75) is 33.2 Å². The van der Waals surface area contributed by atoms with E-state index >= 15 is 0 Å². The van der Waals surface area contributed by atoms with Crippen LogP contribution in [0.3, 0.4) is 0 Å². The van der Waals surface area contributed by atoms with Gasteiger partial charge in [-0.25, -0.2) is 0 Å². The van der Waals surface area contributed by atoms with Crippen LogP contribution < -0.4 is 10.6 Å². The van der Waals surface area contributed by atoms with Gasteiger partial charge < -0.3 is 10.6 Å². The Morgan fingerprint density at radius 1 is 1.25 bits per heavy atom. The number of piperidine rings is 1. The maximum absolute atomic E-state index is 11.8. The van der Waals surface area contributed by atoms with Crippen LogP contribution in [-0.2, 0) is 16.1 Å². The van der Waals surface area contributed by atoms with Crippen LogP contribution in [0, 0.1) is 11.8 Å². The second-order valence-corrected chi connectivity index (χ2v) is 6.89. The zero-order valence-corrected chi connectivity index (χ0v) is 14.6. The van der Waals surface area contributed by atoms with Crippen LogP contribution in [0.1, 0.15) is 32.3 Å². The number of rotatable bonds is 6. The predicted octanol–water partition coefficient (Wildman–Crippen LogP) is 1.18. The molecule has 2 rings (SSSR count). The third kappa shape index (κ3) is 6.28. The lowest BCUT2D eigenvalue weighted by molar-refractivity contribution is -0.139. The van der Waals surface area contributed by atoms with Crippen LogP contribution in [0.25, 0.3) is 0 Å². The summed E-state index contributed by atoms with van der Waals surface area (Å²) in [6.07, 6.45) is 5.76. The molecule has 6 heteroatoms. The summed E-state index contributed by atoms with van der Waals surface area (Å²) < 4.78 is 0. The Kier molecular flexibility index (Phi) is 7.18. The van der Waals surface area contributed by atoms with Crippen LogP contribution in [-0.4, -0.2) is 47.9 Å². The fourth-order valence-electron chi connectivity index (χ4n) is 2.79. The first-order chi connectivity index (χ1) is 11.5. The predicted molar refractivity (Wildman–Crippen MR) is 93.1 cm³/mol. The molecule has 0 aromatic carbocycles. The molecule has 6 nitrogen and oxygen atoms in total. The Labute approximate surface area is 144 Å². The fraction of sp³-hybridized carbons (Fsp3) is 0.611. The number of carbonyl (C=O) groups is 2. The van der Waals surface area contributed by atoms with Crippen molar-refractivity contribution in [3.05, 3.63) is 30.1 Å². The molecule has 1 aromatic heterocycles. The molecule has 0 radical (unpaired) electrons. The summed E-state index contributed by atoms with van der Waals surface area (Å²) in [6, 6.07) is 4.05. The van der Waals surface area contributed by atoms with Crippen molar-refractivity contribution in [2.75, 3.05) is 26.2 Å². The minimum atomic E-state index is -0.530. The number of likely N-dealkylation sites (tertiary alicyclic amines) is 1. The van der Waals surface area contributed by atoms with Crippen molar-refractivity contribution >= 4 is 11.8 Å². The summed E-state index contributed by atoms with van der Waals surface area (Å²) in [5.74, 6) is -0.269. The molecular weight excluding hydrogens is 304 g/mol. The Balaban J connectivity index is 1.64. The summed E-state index contributed by atoms with van der Waals surface area (Å²) in [5.41, 5.74) is 1.23. The molecule has 0 unspecified atom stereocenters. The van der Waals surface area contributed by atoms with Crippen LogP contribution in [0.2, 0.25) is 0 Å². The van der Waals surface area contributed by atoms with E-state index in [1.165, 1.54) is 5.56 Å². The Bertz CT molecular complexity index is 525. The molecule has 0 atom stereocenters. The van der Waals surface area contributed by atoms with Crippen molar-refractivity contribution in [3.8, 4) is 0 Å². The van der Waals surface area contributed by atoms with E-state index in [1.54, 1.807) is 6.20 Å². The number of nitrogens with one attached hydrogen (secondary N) is 2. The SMILES string of the molecule is CC(C)CNC(=O)C(=O)NCC1CCN(Cc2cccnc2)CC1. The second kappa shape index (κ2) is 9.37. The van der Waals surface area contributed by atoms with Gasteiger partial charge in [-0.3, -0.25) is 19.5 Å². The van der Waals surface area contributed by atoms with Gasteiger partial charge in [-0.15, -0.1) is 0 Å². The Morgan fingerprint density at radius 2 is 1.96 bits per heavy atom. The molecule has 0 bridgehead atoms. The van der Waals surface area contributed by atoms with Crippen molar-refractivity contribution in [1.29, 1.82) is 0 Å². The van der Waals surface area contributed by atoms with E-state index in [9.17, 15) is 9.59 Å². The standard InChI is InChI=1S/C18H28N4O2/c1-14(2)10-20-17(23)18(24)21-12-15-5-8-22(9-6-15)13-16-4-3-7-19-11-16/h3-4,7,11,14-15H,5-6,8-10,12-13H2,1-2H3,(H,20,23)(H,21,24). The largest absolute Gasteiger partial charge is 0.348 e. The minimum absolute atomic E-state index is 0.339. The van der Waals surface area contributed by atoms with Gasteiger partial charge in [0.2, 0.25) is 0 Å². The lowest BCUT2D eigenvalue weighted by atomic mass is 9.96. The number of pyridine rings is 1. The second-order valence-electron chi connectivity index (χ2n) is 6.89. The van der Waals surface area contributed by atoms with Crippen molar-refractivity contribution in [3.63, 3.8) is 0 Å². The lowest BCUT2D eigenvalue weighted by Gasteiger charge is -2.31. The normalized spacial score (nSPS) is 16.1. The zero-order valence-electron chi connectivity index (χ0n) is 14.6. The molecule has 1 saturated heterocycles. The van der Waals surface area contributed by atoms with Gasteiger partial charge >= 0.3 is 11.8 Å². The number of nitrogens with zero attached hydrogens (tertiary/aromatic N) is 2. The van der Waals surface area contributed by atoms with E-state index in [0.717, 1.165) is 32.5 Å². The summed E-state index contributed by atoms with van der Waals surface area (Å²) in [6.45, 7) is 8.04. The summed E-state index contributed by atoms with van der Waals surface area (Å²) in [4.78, 5) is 30.0. The average Bonchev–Trinajstić information content (AvgIpc) is 2.59. The van der Waals surface area contributed by atoms with Gasteiger partial charge in [-0.2, -0.15) is 0 Å². The van der Waals surface area contributed by atoms with Crippen LogP contribution >= 0.6 is 0 Å². The summed E-state index contributed by atoms with van der Waals surface area (Å²) in [5, 5.41) is 5.40. The highest BCUT2D eigenvalue weighted by atomic mass is 16.2. The minimum Gasteiger partial charge on any atom is -0.348 e. The molecule has 0 aliphatic carbocycles. The van der Waals surface area contributed by atoms with Gasteiger partial charge in [0.15, 0.2) is 0 Å². The van der Waals surface area contributed by atoms with Gasteiger partial charge in [-0.1, -0.05) is 19.9 Å². The number of amides is 2. The summed E-state index contributed by atoms with van der Waals surface area (Å²) in [7, 11) is 0. The Morgan fingerprint density at radius 3 is 2.58 bits per heavy atom. The van der Waals surface area contributed by atoms with Gasteiger partial charge in [0.25, 0.3) is 0 Å². The molecule has 24 heavy (non-hydrogen) atoms. The molecule has 1 fully saturated rings. The monoisotopic (exact) mass is 332 g/mol. The van der Waals surface area contributed by atoms with Gasteiger partial charge in [0.1, 0.15) is 0 Å². The van der Waals surface area contributed by atoms with Crippen molar-refractivity contribution in [1.82, 2.24) is 20.5 Å². The highest BCUT2D eigenvalue weighted by Crippen LogP contribution is 2.18. The molecule has 0 saturated carbocycles. The first kappa shape index (κ1) is 18.4. The maximum Gasteiger partial charge on any atom is 0.309 e. The van der Waals surface area contributed by atoms with E-state index in [1.807, 2.05) is 26.1 Å². The van der Waals surface area contributed by atoms with E-state index in [2.05, 4.69) is 26.6 Å². The van der Waals surface area contributed by atoms with E-state index in [0.29, 0.717) is 24.9 Å². The van der Waals surface area contributed by atoms with Crippen molar-refractivity contribution in [2.24, 2.45) is 11.8 Å². The van der Waals surface area contributed by atoms with Crippen LogP contribution in [0.15, 0.2) is 24.5 Å². The maximum atomic E-state index is 11.8. The van der Waals surface area contributed by atoms with Gasteiger partial charge in [-0.05, 0) is 49.4 Å². The smallest absolute Gasteiger partial charge is 0.309 e. The van der Waals surface area contributed by atoms with Crippen LogP contribution in [0.4, 0.5) is 0 Å². The molecule has 1 aliphatic heterocycles. The first-order valence-electron chi connectivity index (χ1n) is 8.72. The van der Waals surface area contributed by atoms with Crippen molar-refractivity contribution < 1.29 is 9.59 Å². The number of hydrogen-bond donors (Lipinski definition) is 2. The quantitative estimate of drug-likeness (QED) is 0.767. The molecule has 132 valence electrons. The van der Waals surface area contributed by atoms with Gasteiger partial charge in [0, 0.05) is 32.0 Å². The van der Waals surface area contributed by atoms with E-state index < -0.39 is 11.8 Å². The summed E-state index contributed by atoms with van der Waals surface area (Å²) >= 11 is 0. The highest BCUT2D eigenvalue weighted by Gasteiger charge is 2.21. The topological polar surface area (TPSA) is 74.3 Å². The molecule has 1 aliphatic rings. The number of aromatic nitrogens is 1. The molecule has 1 aromatic rings. The molecule has 2 heterocycles. The van der Waals surface area contributed by atoms with Gasteiger partial charge in [0.05, 0.1) is 0 Å². The lowest BCUT2D eigenvalue weighted by Crippen LogP contribution is -2.44. The first-order valence-corrected chi connectivity index (χ1v) is 8.72. The Hall–Kier alpha value is -1.95. The highest BCUT2D eigenvalue weighted by molar-refractivity contribution is 6.35. The zero-order chi connectivity index (χ0) is 17.4. The number of hydrogen-bond acceptors (Lipinski definition) is 4. The fourth-order valence-corrected chi connectivity index (χ4v) is 2.79. The molecule has 2 amide bonds. The number of carbonyl (C=O) groups excluding carboxylic acids is 2. The van der Waals surface area contributed by atoms with E-state index in [4.69, 9.17) is 0 Å². The third-order valence-electron chi connectivity index (χ3n) is 4.26. The third-order valence-corrected chi connectivity index (χ3v) is 4.26. The molecule has 2 N–H and O–H groups in total. The van der Waals surface area contributed by atoms with Crippen LogP contribution in [0.5, 0.6) is 0 Å². The van der Waals surface area contributed by atoms with E-state index in [-0.39, 0.29) is 0 Å². The molecule has 0 spiro atoms. The molecular formula is C18H28N4O2.